The Labute approximate surface area is 190 Å². The summed E-state index contributed by atoms with van der Waals surface area (Å²) in [5.41, 5.74) is 12.7. The molecule has 2 heterocycles. The first-order valence-electron chi connectivity index (χ1n) is 10.6. The minimum atomic E-state index is -0.364. The van der Waals surface area contributed by atoms with E-state index in [2.05, 4.69) is 10.4 Å². The number of rotatable bonds is 4. The molecule has 3 aromatic carbocycles. The number of carbonyl (C=O) groups is 1. The van der Waals surface area contributed by atoms with Gasteiger partial charge in [-0.05, 0) is 49.2 Å². The van der Waals surface area contributed by atoms with Gasteiger partial charge in [0.15, 0.2) is 5.65 Å². The number of nitrogens with zero attached hydrogens (tertiary/aromatic N) is 4. The largest absolute Gasteiger partial charge is 0.383 e. The van der Waals surface area contributed by atoms with E-state index in [-0.39, 0.29) is 17.3 Å². The highest BCUT2D eigenvalue weighted by Crippen LogP contribution is 2.28. The molecule has 5 aromatic rings. The van der Waals surface area contributed by atoms with E-state index in [1.165, 1.54) is 4.68 Å². The smallest absolute Gasteiger partial charge is 0.261 e. The summed E-state index contributed by atoms with van der Waals surface area (Å²) in [6.45, 7) is 3.99. The molecule has 3 N–H and O–H groups in total. The maximum Gasteiger partial charge on any atom is 0.261 e. The third-order valence-corrected chi connectivity index (χ3v) is 5.38. The van der Waals surface area contributed by atoms with Gasteiger partial charge in [0.2, 0.25) is 0 Å². The molecule has 0 saturated heterocycles. The van der Waals surface area contributed by atoms with Crippen LogP contribution in [0.25, 0.3) is 22.2 Å². The van der Waals surface area contributed by atoms with Crippen LogP contribution in [0.4, 0.5) is 11.5 Å². The van der Waals surface area contributed by atoms with Gasteiger partial charge in [-0.1, -0.05) is 54.1 Å². The van der Waals surface area contributed by atoms with Gasteiger partial charge in [0, 0.05) is 5.69 Å². The molecular weight excluding hydrogens is 412 g/mol. The Kier molecular flexibility index (Phi) is 5.06. The molecule has 0 aliphatic rings. The summed E-state index contributed by atoms with van der Waals surface area (Å²) in [4.78, 5) is 22.7. The van der Waals surface area contributed by atoms with Crippen LogP contribution in [-0.2, 0) is 0 Å². The van der Waals surface area contributed by atoms with E-state index in [1.54, 1.807) is 6.21 Å². The van der Waals surface area contributed by atoms with E-state index in [1.807, 2.05) is 86.6 Å². The van der Waals surface area contributed by atoms with Crippen LogP contribution in [0.15, 0.2) is 77.9 Å². The second-order valence-electron chi connectivity index (χ2n) is 7.94. The zero-order chi connectivity index (χ0) is 22.9. The molecule has 0 bridgehead atoms. The van der Waals surface area contributed by atoms with Gasteiger partial charge in [-0.25, -0.2) is 9.97 Å². The van der Waals surface area contributed by atoms with E-state index in [0.29, 0.717) is 27.9 Å². The van der Waals surface area contributed by atoms with Gasteiger partial charge in [-0.3, -0.25) is 4.79 Å². The van der Waals surface area contributed by atoms with Gasteiger partial charge < -0.3 is 11.1 Å². The average Bonchev–Trinajstić information content (AvgIpc) is 3.07. The molecule has 0 unspecified atom stereocenters. The fourth-order valence-corrected chi connectivity index (χ4v) is 3.68. The van der Waals surface area contributed by atoms with Crippen molar-refractivity contribution in [2.45, 2.75) is 13.8 Å². The number of para-hydroxylation sites is 2. The third kappa shape index (κ3) is 3.92. The first kappa shape index (κ1) is 20.4. The highest BCUT2D eigenvalue weighted by atomic mass is 16.1. The Hall–Kier alpha value is -4.52. The van der Waals surface area contributed by atoms with Crippen LogP contribution in [-0.4, -0.2) is 26.8 Å². The van der Waals surface area contributed by atoms with Crippen LogP contribution in [0.3, 0.4) is 0 Å². The number of anilines is 2. The molecule has 7 heteroatoms. The Morgan fingerprint density at radius 2 is 1.67 bits per heavy atom. The van der Waals surface area contributed by atoms with Crippen LogP contribution in [0.2, 0.25) is 0 Å². The standard InChI is InChI=1S/C26H22N6O/c1-16-10-12-18(13-11-16)15-28-32-24(27)22(26(33)29-19-7-5-6-17(2)14-19)23-25(32)31-21-9-4-3-8-20(21)30-23/h3-15H,27H2,1-2H3,(H,29,33)/b28-15+. The minimum Gasteiger partial charge on any atom is -0.383 e. The summed E-state index contributed by atoms with van der Waals surface area (Å²) in [5, 5.41) is 7.47. The van der Waals surface area contributed by atoms with Gasteiger partial charge in [0.25, 0.3) is 5.91 Å². The van der Waals surface area contributed by atoms with Crippen molar-refractivity contribution in [3.05, 3.63) is 95.1 Å². The first-order valence-corrected chi connectivity index (χ1v) is 10.6. The molecule has 0 atom stereocenters. The van der Waals surface area contributed by atoms with Crippen LogP contribution >= 0.6 is 0 Å². The predicted molar refractivity (Wildman–Crippen MR) is 133 cm³/mol. The van der Waals surface area contributed by atoms with E-state index in [9.17, 15) is 4.79 Å². The predicted octanol–water partition coefficient (Wildman–Crippen LogP) is 4.92. The number of aryl methyl sites for hydroxylation is 2. The molecule has 0 saturated carbocycles. The lowest BCUT2D eigenvalue weighted by Gasteiger charge is -2.06. The Bertz CT molecular complexity index is 1530. The van der Waals surface area contributed by atoms with Gasteiger partial charge in [0.05, 0.1) is 17.2 Å². The number of nitrogens with one attached hydrogen (secondary N) is 1. The van der Waals surface area contributed by atoms with Crippen molar-refractivity contribution < 1.29 is 4.79 Å². The maximum absolute atomic E-state index is 13.3. The van der Waals surface area contributed by atoms with Crippen LogP contribution in [0.1, 0.15) is 27.0 Å². The van der Waals surface area contributed by atoms with E-state index < -0.39 is 0 Å². The second-order valence-corrected chi connectivity index (χ2v) is 7.94. The molecule has 0 radical (unpaired) electrons. The topological polar surface area (TPSA) is 98.2 Å². The lowest BCUT2D eigenvalue weighted by molar-refractivity contribution is 0.102. The number of carbonyl (C=O) groups excluding carboxylic acids is 1. The van der Waals surface area contributed by atoms with Gasteiger partial charge >= 0.3 is 0 Å². The SMILES string of the molecule is Cc1ccc(/C=N/n2c(N)c(C(=O)Nc3cccc(C)c3)c3nc4ccccc4nc32)cc1. The molecule has 162 valence electrons. The van der Waals surface area contributed by atoms with E-state index in [0.717, 1.165) is 16.7 Å². The van der Waals surface area contributed by atoms with Gasteiger partial charge in [0.1, 0.15) is 16.9 Å². The monoisotopic (exact) mass is 434 g/mol. The van der Waals surface area contributed by atoms with E-state index in [4.69, 9.17) is 15.7 Å². The summed E-state index contributed by atoms with van der Waals surface area (Å²) < 4.78 is 1.47. The molecule has 7 nitrogen and oxygen atoms in total. The molecule has 1 amide bonds. The van der Waals surface area contributed by atoms with Crippen LogP contribution in [0, 0.1) is 13.8 Å². The number of fused-ring (bicyclic) bond motifs is 2. The molecule has 0 spiro atoms. The molecule has 0 fully saturated rings. The maximum atomic E-state index is 13.3. The zero-order valence-electron chi connectivity index (χ0n) is 18.3. The number of nitrogens with two attached hydrogens (primary N) is 1. The normalized spacial score (nSPS) is 11.5. The number of amides is 1. The van der Waals surface area contributed by atoms with Crippen molar-refractivity contribution in [1.29, 1.82) is 0 Å². The Morgan fingerprint density at radius 1 is 0.939 bits per heavy atom. The highest BCUT2D eigenvalue weighted by molar-refractivity contribution is 6.16. The Morgan fingerprint density at radius 3 is 2.39 bits per heavy atom. The fourth-order valence-electron chi connectivity index (χ4n) is 3.68. The summed E-state index contributed by atoms with van der Waals surface area (Å²) in [7, 11) is 0. The molecule has 5 rings (SSSR count). The fraction of sp³-hybridized carbons (Fsp3) is 0.0769. The van der Waals surface area contributed by atoms with Crippen LogP contribution < -0.4 is 11.1 Å². The van der Waals surface area contributed by atoms with Gasteiger partial charge in [-0.15, -0.1) is 0 Å². The number of nitrogen functional groups attached to an aromatic ring is 1. The summed E-state index contributed by atoms with van der Waals surface area (Å²) >= 11 is 0. The molecule has 0 aliphatic carbocycles. The third-order valence-electron chi connectivity index (χ3n) is 5.38. The number of hydrogen-bond acceptors (Lipinski definition) is 5. The number of hydrogen-bond donors (Lipinski definition) is 2. The van der Waals surface area contributed by atoms with Crippen molar-refractivity contribution in [2.75, 3.05) is 11.1 Å². The van der Waals surface area contributed by atoms with Crippen molar-refractivity contribution in [1.82, 2.24) is 14.6 Å². The van der Waals surface area contributed by atoms with Crippen molar-refractivity contribution >= 4 is 45.8 Å². The zero-order valence-corrected chi connectivity index (χ0v) is 18.3. The Balaban J connectivity index is 1.66. The molecule has 33 heavy (non-hydrogen) atoms. The summed E-state index contributed by atoms with van der Waals surface area (Å²) in [6.07, 6.45) is 1.69. The van der Waals surface area contributed by atoms with Crippen LogP contribution in [0.5, 0.6) is 0 Å². The lowest BCUT2D eigenvalue weighted by Crippen LogP contribution is -2.14. The molecular formula is C26H22N6O. The molecule has 2 aromatic heterocycles. The number of aromatic nitrogens is 3. The van der Waals surface area contributed by atoms with Crippen molar-refractivity contribution in [3.63, 3.8) is 0 Å². The summed E-state index contributed by atoms with van der Waals surface area (Å²) in [5.74, 6) is -0.189. The molecule has 0 aliphatic heterocycles. The van der Waals surface area contributed by atoms with Gasteiger partial charge in [-0.2, -0.15) is 9.78 Å². The summed E-state index contributed by atoms with van der Waals surface area (Å²) in [6, 6.07) is 23.0. The number of benzene rings is 3. The van der Waals surface area contributed by atoms with Crippen molar-refractivity contribution in [3.8, 4) is 0 Å². The minimum absolute atomic E-state index is 0.175. The first-order chi connectivity index (χ1) is 16.0. The second kappa shape index (κ2) is 8.20. The highest BCUT2D eigenvalue weighted by Gasteiger charge is 2.24. The quantitative estimate of drug-likeness (QED) is 0.392. The average molecular weight is 435 g/mol. The van der Waals surface area contributed by atoms with Crippen molar-refractivity contribution in [2.24, 2.45) is 5.10 Å². The van der Waals surface area contributed by atoms with E-state index >= 15 is 0 Å². The lowest BCUT2D eigenvalue weighted by atomic mass is 10.2.